The summed E-state index contributed by atoms with van der Waals surface area (Å²) in [6.45, 7) is 4.54. The number of ether oxygens (including phenoxy) is 1. The van der Waals surface area contributed by atoms with Crippen LogP contribution in [0.3, 0.4) is 0 Å². The largest absolute Gasteiger partial charge is 0.378 e. The predicted molar refractivity (Wildman–Crippen MR) is 70.3 cm³/mol. The molecule has 0 aliphatic carbocycles. The van der Waals surface area contributed by atoms with Crippen LogP contribution in [0.1, 0.15) is 5.56 Å². The first-order valence-corrected chi connectivity index (χ1v) is 6.36. The fraction of sp³-hybridized carbons (Fsp3) is 0.417. The lowest BCUT2D eigenvalue weighted by Gasteiger charge is -2.27. The van der Waals surface area contributed by atoms with Crippen LogP contribution in [0.15, 0.2) is 22.7 Å². The Kier molecular flexibility index (Phi) is 4.02. The number of carbonyl (C=O) groups is 1. The van der Waals surface area contributed by atoms with Crippen molar-refractivity contribution in [3.05, 3.63) is 28.2 Å². The van der Waals surface area contributed by atoms with E-state index in [1.54, 1.807) is 4.90 Å². The van der Waals surface area contributed by atoms with Gasteiger partial charge in [-0.25, -0.2) is 4.79 Å². The molecule has 1 aromatic rings. The van der Waals surface area contributed by atoms with Crippen molar-refractivity contribution in [1.29, 1.82) is 0 Å². The minimum absolute atomic E-state index is 0.0602. The van der Waals surface area contributed by atoms with Gasteiger partial charge >= 0.3 is 6.03 Å². The highest BCUT2D eigenvalue weighted by molar-refractivity contribution is 9.10. The third-order valence-corrected chi connectivity index (χ3v) is 3.60. The quantitative estimate of drug-likeness (QED) is 0.866. The smallest absolute Gasteiger partial charge is 0.321 e. The standard InChI is InChI=1S/C12H15BrN2O2/c1-9-8-10(2-3-11(9)13)14-12(16)15-4-6-17-7-5-15/h2-3,8H,4-7H2,1H3,(H,14,16). The number of aryl methyl sites for hydroxylation is 1. The third-order valence-electron chi connectivity index (χ3n) is 2.71. The zero-order valence-corrected chi connectivity index (χ0v) is 11.3. The van der Waals surface area contributed by atoms with Crippen molar-refractivity contribution >= 4 is 27.6 Å². The maximum absolute atomic E-state index is 11.9. The molecule has 1 N–H and O–H groups in total. The molecule has 0 radical (unpaired) electrons. The molecule has 1 aromatic carbocycles. The van der Waals surface area contributed by atoms with E-state index < -0.39 is 0 Å². The van der Waals surface area contributed by atoms with Gasteiger partial charge in [0, 0.05) is 23.2 Å². The van der Waals surface area contributed by atoms with E-state index in [1.807, 2.05) is 25.1 Å². The Bertz CT molecular complexity index is 417. The van der Waals surface area contributed by atoms with Crippen molar-refractivity contribution in [2.45, 2.75) is 6.92 Å². The first-order valence-electron chi connectivity index (χ1n) is 5.56. The Morgan fingerprint density at radius 3 is 2.76 bits per heavy atom. The summed E-state index contributed by atoms with van der Waals surface area (Å²) < 4.78 is 6.25. The van der Waals surface area contributed by atoms with E-state index in [0.717, 1.165) is 15.7 Å². The molecule has 1 heterocycles. The number of amides is 2. The van der Waals surface area contributed by atoms with Crippen LogP contribution in [0.4, 0.5) is 10.5 Å². The number of urea groups is 1. The molecule has 0 bridgehead atoms. The number of nitrogens with one attached hydrogen (secondary N) is 1. The van der Waals surface area contributed by atoms with Crippen LogP contribution in [0.5, 0.6) is 0 Å². The SMILES string of the molecule is Cc1cc(NC(=O)N2CCOCC2)ccc1Br. The minimum atomic E-state index is -0.0602. The van der Waals surface area contributed by atoms with Gasteiger partial charge in [-0.05, 0) is 30.7 Å². The van der Waals surface area contributed by atoms with Gasteiger partial charge in [0.05, 0.1) is 13.2 Å². The second-order valence-corrected chi connectivity index (χ2v) is 4.85. The van der Waals surface area contributed by atoms with Gasteiger partial charge in [-0.2, -0.15) is 0 Å². The van der Waals surface area contributed by atoms with Gasteiger partial charge in [0.25, 0.3) is 0 Å². The maximum atomic E-state index is 11.9. The molecule has 0 atom stereocenters. The molecule has 2 amide bonds. The van der Waals surface area contributed by atoms with Crippen molar-refractivity contribution < 1.29 is 9.53 Å². The number of benzene rings is 1. The molecule has 1 aliphatic rings. The zero-order valence-electron chi connectivity index (χ0n) is 9.70. The average molecular weight is 299 g/mol. The first kappa shape index (κ1) is 12.4. The van der Waals surface area contributed by atoms with Gasteiger partial charge in [0.15, 0.2) is 0 Å². The Balaban J connectivity index is 1.99. The van der Waals surface area contributed by atoms with E-state index >= 15 is 0 Å². The van der Waals surface area contributed by atoms with Gasteiger partial charge in [-0.3, -0.25) is 0 Å². The van der Waals surface area contributed by atoms with Crippen molar-refractivity contribution in [1.82, 2.24) is 4.90 Å². The lowest BCUT2D eigenvalue weighted by molar-refractivity contribution is 0.0564. The molecule has 4 nitrogen and oxygen atoms in total. The zero-order chi connectivity index (χ0) is 12.3. The Morgan fingerprint density at radius 1 is 1.41 bits per heavy atom. The first-order chi connectivity index (χ1) is 8.16. The second-order valence-electron chi connectivity index (χ2n) is 3.99. The fourth-order valence-corrected chi connectivity index (χ4v) is 1.94. The van der Waals surface area contributed by atoms with E-state index in [1.165, 1.54) is 0 Å². The molecule has 2 rings (SSSR count). The summed E-state index contributed by atoms with van der Waals surface area (Å²) in [6, 6.07) is 5.71. The summed E-state index contributed by atoms with van der Waals surface area (Å²) in [4.78, 5) is 13.7. The van der Waals surface area contributed by atoms with Crippen LogP contribution in [0.25, 0.3) is 0 Å². The van der Waals surface area contributed by atoms with Crippen LogP contribution in [0.2, 0.25) is 0 Å². The van der Waals surface area contributed by atoms with Gasteiger partial charge in [-0.15, -0.1) is 0 Å². The molecule has 92 valence electrons. The predicted octanol–water partition coefficient (Wildman–Crippen LogP) is 2.62. The minimum Gasteiger partial charge on any atom is -0.378 e. The molecule has 1 aliphatic heterocycles. The summed E-state index contributed by atoms with van der Waals surface area (Å²) in [5.41, 5.74) is 1.92. The number of hydrogen-bond acceptors (Lipinski definition) is 2. The van der Waals surface area contributed by atoms with E-state index in [4.69, 9.17) is 4.74 Å². The normalized spacial score (nSPS) is 15.8. The molecule has 0 unspecified atom stereocenters. The maximum Gasteiger partial charge on any atom is 0.321 e. The molecule has 0 saturated carbocycles. The number of halogens is 1. The van der Waals surface area contributed by atoms with Gasteiger partial charge < -0.3 is 15.0 Å². The Labute approximate surface area is 109 Å². The molecule has 0 aromatic heterocycles. The van der Waals surface area contributed by atoms with Crippen LogP contribution < -0.4 is 5.32 Å². The fourth-order valence-electron chi connectivity index (χ4n) is 1.69. The van der Waals surface area contributed by atoms with Gasteiger partial charge in [0.1, 0.15) is 0 Å². The summed E-state index contributed by atoms with van der Waals surface area (Å²) in [6.07, 6.45) is 0. The van der Waals surface area contributed by atoms with Crippen molar-refractivity contribution in [2.24, 2.45) is 0 Å². The highest BCUT2D eigenvalue weighted by Crippen LogP contribution is 2.20. The highest BCUT2D eigenvalue weighted by Gasteiger charge is 2.16. The summed E-state index contributed by atoms with van der Waals surface area (Å²) >= 11 is 3.43. The Morgan fingerprint density at radius 2 is 2.12 bits per heavy atom. The van der Waals surface area contributed by atoms with Crippen LogP contribution in [0, 0.1) is 6.92 Å². The summed E-state index contributed by atoms with van der Waals surface area (Å²) in [7, 11) is 0. The lowest BCUT2D eigenvalue weighted by Crippen LogP contribution is -2.43. The average Bonchev–Trinajstić information content (AvgIpc) is 2.35. The third kappa shape index (κ3) is 3.20. The van der Waals surface area contributed by atoms with Gasteiger partial charge in [-0.1, -0.05) is 15.9 Å². The number of rotatable bonds is 1. The Hall–Kier alpha value is -1.07. The molecule has 1 fully saturated rings. The lowest BCUT2D eigenvalue weighted by atomic mass is 10.2. The number of morpholine rings is 1. The molecular weight excluding hydrogens is 284 g/mol. The van der Waals surface area contributed by atoms with Crippen LogP contribution in [-0.2, 0) is 4.74 Å². The van der Waals surface area contributed by atoms with Crippen LogP contribution >= 0.6 is 15.9 Å². The number of hydrogen-bond donors (Lipinski definition) is 1. The summed E-state index contributed by atoms with van der Waals surface area (Å²) in [5.74, 6) is 0. The van der Waals surface area contributed by atoms with E-state index in [2.05, 4.69) is 21.2 Å². The molecule has 1 saturated heterocycles. The molecule has 0 spiro atoms. The summed E-state index contributed by atoms with van der Waals surface area (Å²) in [5, 5.41) is 2.89. The molecule has 5 heteroatoms. The van der Waals surface area contributed by atoms with E-state index in [-0.39, 0.29) is 6.03 Å². The van der Waals surface area contributed by atoms with E-state index in [9.17, 15) is 4.79 Å². The number of carbonyl (C=O) groups excluding carboxylic acids is 1. The number of anilines is 1. The van der Waals surface area contributed by atoms with Gasteiger partial charge in [0.2, 0.25) is 0 Å². The molecular formula is C12H15BrN2O2. The van der Waals surface area contributed by atoms with E-state index in [0.29, 0.717) is 26.3 Å². The second kappa shape index (κ2) is 5.51. The van der Waals surface area contributed by atoms with Crippen LogP contribution in [-0.4, -0.2) is 37.2 Å². The van der Waals surface area contributed by atoms with Crippen molar-refractivity contribution in [2.75, 3.05) is 31.6 Å². The number of nitrogens with zero attached hydrogens (tertiary/aromatic N) is 1. The topological polar surface area (TPSA) is 41.6 Å². The van der Waals surface area contributed by atoms with Crippen molar-refractivity contribution in [3.8, 4) is 0 Å². The molecule has 17 heavy (non-hydrogen) atoms. The highest BCUT2D eigenvalue weighted by atomic mass is 79.9. The van der Waals surface area contributed by atoms with Crippen molar-refractivity contribution in [3.63, 3.8) is 0 Å². The monoisotopic (exact) mass is 298 g/mol.